The van der Waals surface area contributed by atoms with Crippen molar-refractivity contribution in [3.63, 3.8) is 0 Å². The lowest BCUT2D eigenvalue weighted by atomic mass is 10.0. The summed E-state index contributed by atoms with van der Waals surface area (Å²) >= 11 is 0. The second-order valence-corrected chi connectivity index (χ2v) is 7.73. The van der Waals surface area contributed by atoms with Gasteiger partial charge in [0.2, 0.25) is 0 Å². The van der Waals surface area contributed by atoms with E-state index in [0.29, 0.717) is 6.54 Å². The van der Waals surface area contributed by atoms with Crippen molar-refractivity contribution in [3.8, 4) is 0 Å². The molecule has 0 aromatic carbocycles. The molecule has 0 saturated carbocycles. The van der Waals surface area contributed by atoms with E-state index in [1.54, 1.807) is 12.6 Å². The number of rotatable bonds is 9. The predicted octanol–water partition coefficient (Wildman–Crippen LogP) is 1.28. The summed E-state index contributed by atoms with van der Waals surface area (Å²) in [7, 11) is 0. The van der Waals surface area contributed by atoms with E-state index in [4.69, 9.17) is 14.1 Å². The van der Waals surface area contributed by atoms with Gasteiger partial charge in [-0.05, 0) is 26.0 Å². The van der Waals surface area contributed by atoms with Crippen molar-refractivity contribution in [2.24, 2.45) is 4.99 Å². The second kappa shape index (κ2) is 10.4. The zero-order valence-electron chi connectivity index (χ0n) is 17.7. The quantitative estimate of drug-likeness (QED) is 0.481. The van der Waals surface area contributed by atoms with Crippen LogP contribution in [0.15, 0.2) is 34.1 Å². The molecule has 1 fully saturated rings. The van der Waals surface area contributed by atoms with E-state index in [0.717, 1.165) is 69.9 Å². The van der Waals surface area contributed by atoms with Crippen LogP contribution in [0.5, 0.6) is 0 Å². The third-order valence-corrected chi connectivity index (χ3v) is 5.19. The van der Waals surface area contributed by atoms with Crippen molar-refractivity contribution in [2.75, 3.05) is 39.4 Å². The maximum atomic E-state index is 5.49. The zero-order chi connectivity index (χ0) is 20.5. The number of nitrogens with one attached hydrogen (secondary N) is 2. The standard InChI is InChI=1S/C20H33N7O2/c1-4-18-25-24-16-26(18)8-7-21-19(22-14-17-6-5-11-29-17)23-15-20(2,3)27-9-12-28-13-10-27/h5-6,11,16H,4,7-10,12-15H2,1-3H3,(H2,21,22,23). The molecule has 2 aromatic rings. The molecule has 1 aliphatic heterocycles. The van der Waals surface area contributed by atoms with Gasteiger partial charge in [0, 0.05) is 44.7 Å². The molecule has 3 rings (SSSR count). The van der Waals surface area contributed by atoms with Crippen molar-refractivity contribution in [1.29, 1.82) is 0 Å². The maximum absolute atomic E-state index is 5.49. The molecule has 2 aromatic heterocycles. The van der Waals surface area contributed by atoms with E-state index in [-0.39, 0.29) is 5.54 Å². The first-order chi connectivity index (χ1) is 14.1. The first kappa shape index (κ1) is 21.3. The lowest BCUT2D eigenvalue weighted by Gasteiger charge is -2.41. The number of guanidine groups is 1. The summed E-state index contributed by atoms with van der Waals surface area (Å²) in [6.45, 7) is 12.9. The highest BCUT2D eigenvalue weighted by molar-refractivity contribution is 5.79. The Morgan fingerprint density at radius 1 is 1.28 bits per heavy atom. The van der Waals surface area contributed by atoms with Gasteiger partial charge < -0.3 is 24.4 Å². The van der Waals surface area contributed by atoms with E-state index >= 15 is 0 Å². The van der Waals surface area contributed by atoms with Crippen LogP contribution in [-0.2, 0) is 24.2 Å². The van der Waals surface area contributed by atoms with Crippen LogP contribution in [0.2, 0.25) is 0 Å². The van der Waals surface area contributed by atoms with Crippen molar-refractivity contribution in [3.05, 3.63) is 36.3 Å². The van der Waals surface area contributed by atoms with Crippen LogP contribution in [0, 0.1) is 0 Å². The van der Waals surface area contributed by atoms with Crippen LogP contribution in [0.4, 0.5) is 0 Å². The van der Waals surface area contributed by atoms with E-state index in [9.17, 15) is 0 Å². The maximum Gasteiger partial charge on any atom is 0.191 e. The Labute approximate surface area is 172 Å². The van der Waals surface area contributed by atoms with Crippen LogP contribution >= 0.6 is 0 Å². The third kappa shape index (κ3) is 6.30. The largest absolute Gasteiger partial charge is 0.467 e. The van der Waals surface area contributed by atoms with Gasteiger partial charge in [0.1, 0.15) is 24.5 Å². The summed E-state index contributed by atoms with van der Waals surface area (Å²) in [6.07, 6.45) is 4.31. The Balaban J connectivity index is 1.57. The van der Waals surface area contributed by atoms with Gasteiger partial charge in [-0.15, -0.1) is 10.2 Å². The SMILES string of the molecule is CCc1nncn1CCNC(=NCc1ccco1)NCC(C)(C)N1CCOCC1. The Kier molecular flexibility index (Phi) is 7.65. The first-order valence-electron chi connectivity index (χ1n) is 10.3. The molecule has 0 radical (unpaired) electrons. The van der Waals surface area contributed by atoms with E-state index in [2.05, 4.69) is 51.1 Å². The molecule has 29 heavy (non-hydrogen) atoms. The Morgan fingerprint density at radius 3 is 2.83 bits per heavy atom. The normalized spacial score (nSPS) is 16.2. The summed E-state index contributed by atoms with van der Waals surface area (Å²) in [5, 5.41) is 15.1. The monoisotopic (exact) mass is 403 g/mol. The number of aromatic nitrogens is 3. The number of furan rings is 1. The highest BCUT2D eigenvalue weighted by Gasteiger charge is 2.28. The molecule has 0 unspecified atom stereocenters. The fraction of sp³-hybridized carbons (Fsp3) is 0.650. The number of ether oxygens (including phenoxy) is 1. The van der Waals surface area contributed by atoms with E-state index in [1.807, 2.05) is 12.1 Å². The molecular formula is C20H33N7O2. The second-order valence-electron chi connectivity index (χ2n) is 7.73. The molecule has 3 heterocycles. The number of hydrogen-bond donors (Lipinski definition) is 2. The molecule has 0 atom stereocenters. The molecule has 0 amide bonds. The van der Waals surface area contributed by atoms with Crippen LogP contribution in [0.1, 0.15) is 32.4 Å². The molecule has 1 saturated heterocycles. The predicted molar refractivity (Wildman–Crippen MR) is 112 cm³/mol. The van der Waals surface area contributed by atoms with Crippen LogP contribution in [0.25, 0.3) is 0 Å². The van der Waals surface area contributed by atoms with E-state index < -0.39 is 0 Å². The van der Waals surface area contributed by atoms with Gasteiger partial charge in [0.25, 0.3) is 0 Å². The van der Waals surface area contributed by atoms with Crippen molar-refractivity contribution in [1.82, 2.24) is 30.3 Å². The lowest BCUT2D eigenvalue weighted by Crippen LogP contribution is -2.56. The minimum absolute atomic E-state index is 0.000556. The molecule has 2 N–H and O–H groups in total. The fourth-order valence-corrected chi connectivity index (χ4v) is 3.35. The Bertz CT molecular complexity index is 749. The van der Waals surface area contributed by atoms with Gasteiger partial charge in [0.05, 0.1) is 19.5 Å². The molecule has 9 heteroatoms. The van der Waals surface area contributed by atoms with Crippen LogP contribution < -0.4 is 10.6 Å². The van der Waals surface area contributed by atoms with E-state index in [1.165, 1.54) is 0 Å². The number of hydrogen-bond acceptors (Lipinski definition) is 6. The Morgan fingerprint density at radius 2 is 2.10 bits per heavy atom. The smallest absolute Gasteiger partial charge is 0.191 e. The molecule has 9 nitrogen and oxygen atoms in total. The average Bonchev–Trinajstić information content (AvgIpc) is 3.42. The number of aryl methyl sites for hydroxylation is 1. The van der Waals surface area contributed by atoms with Gasteiger partial charge in [-0.1, -0.05) is 6.92 Å². The molecule has 0 aliphatic carbocycles. The van der Waals surface area contributed by atoms with Crippen LogP contribution in [-0.4, -0.2) is 70.6 Å². The molecule has 1 aliphatic rings. The summed E-state index contributed by atoms with van der Waals surface area (Å²) < 4.78 is 13.0. The summed E-state index contributed by atoms with van der Waals surface area (Å²) in [5.74, 6) is 2.60. The Hall–Kier alpha value is -2.39. The van der Waals surface area contributed by atoms with Gasteiger partial charge in [0.15, 0.2) is 5.96 Å². The third-order valence-electron chi connectivity index (χ3n) is 5.19. The van der Waals surface area contributed by atoms with Gasteiger partial charge in [-0.2, -0.15) is 0 Å². The van der Waals surface area contributed by atoms with Gasteiger partial charge >= 0.3 is 0 Å². The first-order valence-corrected chi connectivity index (χ1v) is 10.3. The number of nitrogens with zero attached hydrogens (tertiary/aromatic N) is 5. The van der Waals surface area contributed by atoms with Crippen molar-refractivity contribution < 1.29 is 9.15 Å². The van der Waals surface area contributed by atoms with Crippen LogP contribution in [0.3, 0.4) is 0 Å². The van der Waals surface area contributed by atoms with Crippen molar-refractivity contribution in [2.45, 2.75) is 45.8 Å². The molecule has 0 bridgehead atoms. The highest BCUT2D eigenvalue weighted by atomic mass is 16.5. The molecular weight excluding hydrogens is 370 g/mol. The summed E-state index contributed by atoms with van der Waals surface area (Å²) in [6, 6.07) is 3.81. The fourth-order valence-electron chi connectivity index (χ4n) is 3.35. The highest BCUT2D eigenvalue weighted by Crippen LogP contribution is 2.15. The minimum atomic E-state index is 0.000556. The number of morpholine rings is 1. The minimum Gasteiger partial charge on any atom is -0.467 e. The summed E-state index contributed by atoms with van der Waals surface area (Å²) in [4.78, 5) is 7.15. The number of aliphatic imine (C=N–C) groups is 1. The summed E-state index contributed by atoms with van der Waals surface area (Å²) in [5.41, 5.74) is 0.000556. The topological polar surface area (TPSA) is 92.7 Å². The molecule has 0 spiro atoms. The average molecular weight is 404 g/mol. The van der Waals surface area contributed by atoms with Gasteiger partial charge in [-0.25, -0.2) is 4.99 Å². The zero-order valence-corrected chi connectivity index (χ0v) is 17.7. The van der Waals surface area contributed by atoms with Crippen molar-refractivity contribution >= 4 is 5.96 Å². The molecule has 160 valence electrons. The lowest BCUT2D eigenvalue weighted by molar-refractivity contribution is -0.00834. The van der Waals surface area contributed by atoms with Gasteiger partial charge in [-0.3, -0.25) is 4.90 Å².